The molecule has 0 aromatic heterocycles. The number of hydrogen-bond donors (Lipinski definition) is 1. The van der Waals surface area contributed by atoms with Gasteiger partial charge in [-0.1, -0.05) is 25.5 Å². The summed E-state index contributed by atoms with van der Waals surface area (Å²) in [6.07, 6.45) is 7.32. The molecule has 176 valence electrons. The predicted octanol–water partition coefficient (Wildman–Crippen LogP) is 5.00. The van der Waals surface area contributed by atoms with E-state index in [9.17, 15) is 13.2 Å². The smallest absolute Gasteiger partial charge is 0.265 e. The molecule has 0 saturated heterocycles. The summed E-state index contributed by atoms with van der Waals surface area (Å²) in [6.45, 7) is 2.26. The largest absolute Gasteiger partial charge is 0.495 e. The number of carbonyl (C=O) groups excluding carboxylic acids is 1. The Morgan fingerprint density at radius 1 is 1.03 bits per heavy atom. The van der Waals surface area contributed by atoms with Crippen molar-refractivity contribution in [2.45, 2.75) is 74.7 Å². The number of Topliss-reactive ketones (excluding diaryl/α,β-unsaturated/α-hetero) is 1. The van der Waals surface area contributed by atoms with Gasteiger partial charge in [0, 0.05) is 18.1 Å². The van der Waals surface area contributed by atoms with E-state index in [0.29, 0.717) is 23.8 Å². The first-order valence-corrected chi connectivity index (χ1v) is 13.3. The SMILES string of the molecule is COc1ccccc1S(=O)(=O)Nc1cc(OC2CCC(C)CC2)c2c(c1)C1(CCC1)C(=O)C2. The molecule has 5 rings (SSSR count). The van der Waals surface area contributed by atoms with E-state index in [4.69, 9.17) is 9.47 Å². The van der Waals surface area contributed by atoms with Crippen molar-refractivity contribution >= 4 is 21.5 Å². The van der Waals surface area contributed by atoms with Crippen molar-refractivity contribution in [3.05, 3.63) is 47.5 Å². The summed E-state index contributed by atoms with van der Waals surface area (Å²) in [7, 11) is -2.43. The second-order valence-electron chi connectivity index (χ2n) is 9.79. The van der Waals surface area contributed by atoms with Crippen molar-refractivity contribution in [3.63, 3.8) is 0 Å². The Morgan fingerprint density at radius 3 is 2.42 bits per heavy atom. The first kappa shape index (κ1) is 22.3. The Morgan fingerprint density at radius 2 is 1.76 bits per heavy atom. The van der Waals surface area contributed by atoms with Crippen LogP contribution in [0.15, 0.2) is 41.3 Å². The van der Waals surface area contributed by atoms with Crippen LogP contribution in [0.5, 0.6) is 11.5 Å². The van der Waals surface area contributed by atoms with Gasteiger partial charge in [0.15, 0.2) is 0 Å². The minimum Gasteiger partial charge on any atom is -0.495 e. The molecular weight excluding hydrogens is 438 g/mol. The van der Waals surface area contributed by atoms with Crippen LogP contribution in [0.1, 0.15) is 63.0 Å². The molecule has 6 nitrogen and oxygen atoms in total. The zero-order valence-corrected chi connectivity index (χ0v) is 20.0. The van der Waals surface area contributed by atoms with Gasteiger partial charge in [0.25, 0.3) is 10.0 Å². The Bertz CT molecular complexity index is 1180. The highest BCUT2D eigenvalue weighted by Gasteiger charge is 2.51. The average Bonchev–Trinajstić information content (AvgIpc) is 3.07. The van der Waals surface area contributed by atoms with Gasteiger partial charge in [0.1, 0.15) is 22.2 Å². The molecule has 0 radical (unpaired) electrons. The van der Waals surface area contributed by atoms with Gasteiger partial charge in [-0.3, -0.25) is 9.52 Å². The van der Waals surface area contributed by atoms with Crippen molar-refractivity contribution in [3.8, 4) is 11.5 Å². The standard InChI is InChI=1S/C26H31NO5S/c1-17-8-10-19(11-9-17)32-23-15-18(14-21-20(23)16-25(28)26(21)12-5-13-26)27-33(29,30)24-7-4-3-6-22(24)31-2/h3-4,6-7,14-15,17,19,27H,5,8-13,16H2,1-2H3. The van der Waals surface area contributed by atoms with Gasteiger partial charge >= 0.3 is 0 Å². The molecule has 0 heterocycles. The van der Waals surface area contributed by atoms with Crippen molar-refractivity contribution in [2.24, 2.45) is 5.92 Å². The molecule has 1 spiro atoms. The fraction of sp³-hybridized carbons (Fsp3) is 0.500. The third-order valence-electron chi connectivity index (χ3n) is 7.67. The van der Waals surface area contributed by atoms with Crippen LogP contribution in [0.3, 0.4) is 0 Å². The molecule has 2 aromatic rings. The lowest BCUT2D eigenvalue weighted by molar-refractivity contribution is -0.125. The lowest BCUT2D eigenvalue weighted by Gasteiger charge is -2.38. The maximum absolute atomic E-state index is 13.2. The average molecular weight is 470 g/mol. The Kier molecular flexibility index (Phi) is 5.63. The normalized spacial score (nSPS) is 23.6. The highest BCUT2D eigenvalue weighted by atomic mass is 32.2. The highest BCUT2D eigenvalue weighted by molar-refractivity contribution is 7.92. The molecule has 1 N–H and O–H groups in total. The van der Waals surface area contributed by atoms with E-state index >= 15 is 0 Å². The number of ketones is 1. The summed E-state index contributed by atoms with van der Waals surface area (Å²) < 4.78 is 40.9. The Balaban J connectivity index is 1.52. The van der Waals surface area contributed by atoms with E-state index in [-0.39, 0.29) is 22.5 Å². The molecule has 0 aliphatic heterocycles. The van der Waals surface area contributed by atoms with Crippen LogP contribution < -0.4 is 14.2 Å². The molecule has 2 saturated carbocycles. The molecule has 3 aliphatic rings. The molecule has 2 fully saturated rings. The lowest BCUT2D eigenvalue weighted by atomic mass is 9.64. The predicted molar refractivity (Wildman–Crippen MR) is 127 cm³/mol. The van der Waals surface area contributed by atoms with Gasteiger partial charge < -0.3 is 9.47 Å². The van der Waals surface area contributed by atoms with Crippen LogP contribution in [0.2, 0.25) is 0 Å². The number of methoxy groups -OCH3 is 1. The number of rotatable bonds is 6. The zero-order chi connectivity index (χ0) is 23.2. The molecule has 0 bridgehead atoms. The quantitative estimate of drug-likeness (QED) is 0.644. The molecule has 0 atom stereocenters. The van der Waals surface area contributed by atoms with Gasteiger partial charge in [-0.2, -0.15) is 0 Å². The van der Waals surface area contributed by atoms with E-state index in [2.05, 4.69) is 11.6 Å². The van der Waals surface area contributed by atoms with E-state index < -0.39 is 15.4 Å². The number of fused-ring (bicyclic) bond motifs is 2. The zero-order valence-electron chi connectivity index (χ0n) is 19.2. The van der Waals surface area contributed by atoms with Gasteiger partial charge in [0.2, 0.25) is 0 Å². The number of sulfonamides is 1. The van der Waals surface area contributed by atoms with E-state index in [1.807, 2.05) is 6.07 Å². The van der Waals surface area contributed by atoms with Gasteiger partial charge in [-0.05, 0) is 68.2 Å². The number of ether oxygens (including phenoxy) is 2. The lowest BCUT2D eigenvalue weighted by Crippen LogP contribution is -2.39. The van der Waals surface area contributed by atoms with Crippen molar-refractivity contribution in [1.29, 1.82) is 0 Å². The summed E-state index contributed by atoms with van der Waals surface area (Å²) in [4.78, 5) is 13.1. The third kappa shape index (κ3) is 3.90. The Labute approximate surface area is 195 Å². The topological polar surface area (TPSA) is 81.7 Å². The third-order valence-corrected chi connectivity index (χ3v) is 9.09. The number of para-hydroxylation sites is 1. The second-order valence-corrected chi connectivity index (χ2v) is 11.4. The molecule has 2 aromatic carbocycles. The fourth-order valence-electron chi connectivity index (χ4n) is 5.56. The second kappa shape index (κ2) is 8.35. The summed E-state index contributed by atoms with van der Waals surface area (Å²) in [5, 5.41) is 0. The van der Waals surface area contributed by atoms with Crippen molar-refractivity contribution < 1.29 is 22.7 Å². The van der Waals surface area contributed by atoms with Crippen LogP contribution in [0, 0.1) is 5.92 Å². The minimum absolute atomic E-state index is 0.0752. The van der Waals surface area contributed by atoms with E-state index in [1.54, 1.807) is 24.3 Å². The van der Waals surface area contributed by atoms with Crippen LogP contribution in [-0.4, -0.2) is 27.4 Å². The van der Waals surface area contributed by atoms with Gasteiger partial charge in [-0.25, -0.2) is 8.42 Å². The number of anilines is 1. The van der Waals surface area contributed by atoms with E-state index in [1.165, 1.54) is 13.2 Å². The summed E-state index contributed by atoms with van der Waals surface area (Å²) in [5.74, 6) is 1.87. The molecule has 33 heavy (non-hydrogen) atoms. The van der Waals surface area contributed by atoms with Crippen LogP contribution in [0.4, 0.5) is 5.69 Å². The number of hydrogen-bond acceptors (Lipinski definition) is 5. The van der Waals surface area contributed by atoms with Gasteiger partial charge in [0.05, 0.1) is 24.3 Å². The molecule has 0 unspecified atom stereocenters. The van der Waals surface area contributed by atoms with E-state index in [0.717, 1.165) is 56.1 Å². The van der Waals surface area contributed by atoms with Crippen molar-refractivity contribution in [1.82, 2.24) is 0 Å². The molecule has 0 amide bonds. The maximum atomic E-state index is 13.2. The summed E-state index contributed by atoms with van der Waals surface area (Å²) >= 11 is 0. The van der Waals surface area contributed by atoms with Crippen LogP contribution in [0.25, 0.3) is 0 Å². The number of carbonyl (C=O) groups is 1. The molecule has 3 aliphatic carbocycles. The Hall–Kier alpha value is -2.54. The number of nitrogens with one attached hydrogen (secondary N) is 1. The summed E-state index contributed by atoms with van der Waals surface area (Å²) in [6, 6.07) is 10.2. The fourth-order valence-corrected chi connectivity index (χ4v) is 6.77. The summed E-state index contributed by atoms with van der Waals surface area (Å²) in [5.41, 5.74) is 1.84. The first-order valence-electron chi connectivity index (χ1n) is 11.9. The maximum Gasteiger partial charge on any atom is 0.265 e. The first-order chi connectivity index (χ1) is 15.8. The highest BCUT2D eigenvalue weighted by Crippen LogP contribution is 2.53. The van der Waals surface area contributed by atoms with Crippen LogP contribution >= 0.6 is 0 Å². The van der Waals surface area contributed by atoms with Gasteiger partial charge in [-0.15, -0.1) is 0 Å². The van der Waals surface area contributed by atoms with Crippen LogP contribution in [-0.2, 0) is 26.7 Å². The monoisotopic (exact) mass is 469 g/mol. The molecule has 7 heteroatoms. The number of benzene rings is 2. The van der Waals surface area contributed by atoms with Crippen molar-refractivity contribution in [2.75, 3.05) is 11.8 Å². The minimum atomic E-state index is -3.89. The molecular formula is C26H31NO5S.